The third-order valence-electron chi connectivity index (χ3n) is 5.08. The Labute approximate surface area is 192 Å². The molecular weight excluding hydrogens is 428 g/mol. The van der Waals surface area contributed by atoms with Gasteiger partial charge in [0, 0.05) is 55.9 Å². The van der Waals surface area contributed by atoms with Crippen molar-refractivity contribution in [3.63, 3.8) is 0 Å². The zero-order chi connectivity index (χ0) is 23.4. The van der Waals surface area contributed by atoms with Gasteiger partial charge in [0.05, 0.1) is 31.8 Å². The minimum atomic E-state index is -0.0803. The first-order chi connectivity index (χ1) is 15.3. The van der Waals surface area contributed by atoms with E-state index < -0.39 is 0 Å². The number of nitrogens with zero attached hydrogens (tertiary/aromatic N) is 3. The first kappa shape index (κ1) is 23.2. The van der Waals surface area contributed by atoms with Gasteiger partial charge in [0.25, 0.3) is 5.56 Å². The third-order valence-corrected chi connectivity index (χ3v) is 5.38. The molecule has 0 amide bonds. The standard InChI is InChI=1S/C12H13ClN2O.C12H14N2O2/c1-15(2)11-7-14-12(13)9-5-4-8(16-3)6-10(9)11;1-14(2)11-7-13-12(15)9-5-4-8(16-3)6-10(9)11/h4-7H,1-3H3;4-7H,1-3H3,(H,13,15). The number of aromatic nitrogens is 2. The maximum Gasteiger partial charge on any atom is 0.255 e. The van der Waals surface area contributed by atoms with Gasteiger partial charge in [-0.3, -0.25) is 4.79 Å². The predicted molar refractivity (Wildman–Crippen MR) is 133 cm³/mol. The van der Waals surface area contributed by atoms with E-state index in [0.717, 1.165) is 39.0 Å². The molecule has 0 aliphatic rings. The predicted octanol–water partition coefficient (Wildman–Crippen LogP) is 4.57. The van der Waals surface area contributed by atoms with Crippen LogP contribution in [0.1, 0.15) is 0 Å². The van der Waals surface area contributed by atoms with Crippen LogP contribution in [-0.4, -0.2) is 52.4 Å². The summed E-state index contributed by atoms with van der Waals surface area (Å²) in [5, 5.41) is 4.07. The highest BCUT2D eigenvalue weighted by Gasteiger charge is 2.09. The maximum absolute atomic E-state index is 11.6. The molecule has 0 radical (unpaired) electrons. The smallest absolute Gasteiger partial charge is 0.255 e. The van der Waals surface area contributed by atoms with E-state index in [0.29, 0.717) is 10.5 Å². The Kier molecular flexibility index (Phi) is 7.10. The van der Waals surface area contributed by atoms with E-state index in [1.54, 1.807) is 38.7 Å². The van der Waals surface area contributed by atoms with Crippen molar-refractivity contribution in [3.05, 3.63) is 64.3 Å². The molecule has 0 aliphatic carbocycles. The molecule has 2 aromatic carbocycles. The van der Waals surface area contributed by atoms with Crippen molar-refractivity contribution in [2.24, 2.45) is 0 Å². The van der Waals surface area contributed by atoms with Crippen LogP contribution in [0.4, 0.5) is 11.4 Å². The minimum Gasteiger partial charge on any atom is -0.497 e. The van der Waals surface area contributed by atoms with Crippen LogP contribution >= 0.6 is 11.6 Å². The van der Waals surface area contributed by atoms with Gasteiger partial charge in [-0.15, -0.1) is 0 Å². The highest BCUT2D eigenvalue weighted by Crippen LogP contribution is 2.32. The lowest BCUT2D eigenvalue weighted by molar-refractivity contribution is 0.415. The van der Waals surface area contributed by atoms with Gasteiger partial charge in [0.15, 0.2) is 0 Å². The summed E-state index contributed by atoms with van der Waals surface area (Å²) >= 11 is 6.06. The molecule has 0 bridgehead atoms. The van der Waals surface area contributed by atoms with Crippen LogP contribution in [0.5, 0.6) is 11.5 Å². The highest BCUT2D eigenvalue weighted by molar-refractivity contribution is 6.34. The highest BCUT2D eigenvalue weighted by atomic mass is 35.5. The van der Waals surface area contributed by atoms with Crippen LogP contribution in [0.2, 0.25) is 5.15 Å². The summed E-state index contributed by atoms with van der Waals surface area (Å²) < 4.78 is 10.4. The van der Waals surface area contributed by atoms with Gasteiger partial charge in [-0.05, 0) is 36.4 Å². The number of hydrogen-bond acceptors (Lipinski definition) is 6. The lowest BCUT2D eigenvalue weighted by atomic mass is 10.1. The number of benzene rings is 2. The summed E-state index contributed by atoms with van der Waals surface area (Å²) in [5.41, 5.74) is 1.91. The lowest BCUT2D eigenvalue weighted by Gasteiger charge is -2.15. The van der Waals surface area contributed by atoms with Crippen LogP contribution in [0, 0.1) is 0 Å². The van der Waals surface area contributed by atoms with Crippen LogP contribution in [0.3, 0.4) is 0 Å². The topological polar surface area (TPSA) is 70.7 Å². The van der Waals surface area contributed by atoms with E-state index in [2.05, 4.69) is 9.97 Å². The van der Waals surface area contributed by atoms with Crippen molar-refractivity contribution in [2.75, 3.05) is 52.2 Å². The molecule has 2 aromatic heterocycles. The van der Waals surface area contributed by atoms with E-state index in [-0.39, 0.29) is 5.56 Å². The number of anilines is 2. The van der Waals surface area contributed by atoms with Crippen molar-refractivity contribution in [1.82, 2.24) is 9.97 Å². The van der Waals surface area contributed by atoms with Gasteiger partial charge in [-0.2, -0.15) is 0 Å². The van der Waals surface area contributed by atoms with Gasteiger partial charge in [-0.25, -0.2) is 4.98 Å². The number of ether oxygens (including phenoxy) is 2. The monoisotopic (exact) mass is 454 g/mol. The van der Waals surface area contributed by atoms with Gasteiger partial charge >= 0.3 is 0 Å². The summed E-state index contributed by atoms with van der Waals surface area (Å²) in [6.07, 6.45) is 3.48. The number of halogens is 1. The SMILES string of the molecule is COc1ccc2c(=O)[nH]cc(N(C)C)c2c1.COc1ccc2c(Cl)ncc(N(C)C)c2c1. The molecule has 0 fully saturated rings. The van der Waals surface area contributed by atoms with Crippen molar-refractivity contribution in [1.29, 1.82) is 0 Å². The van der Waals surface area contributed by atoms with Crippen molar-refractivity contribution >= 4 is 44.5 Å². The van der Waals surface area contributed by atoms with Crippen LogP contribution < -0.4 is 24.8 Å². The molecule has 0 atom stereocenters. The van der Waals surface area contributed by atoms with E-state index >= 15 is 0 Å². The second-order valence-electron chi connectivity index (χ2n) is 7.55. The van der Waals surface area contributed by atoms with Crippen LogP contribution in [0.25, 0.3) is 21.5 Å². The summed E-state index contributed by atoms with van der Waals surface area (Å²) in [6.45, 7) is 0. The fourth-order valence-corrected chi connectivity index (χ4v) is 3.59. The normalized spacial score (nSPS) is 10.5. The minimum absolute atomic E-state index is 0.0803. The molecule has 7 nitrogen and oxygen atoms in total. The third kappa shape index (κ3) is 4.73. The molecule has 32 heavy (non-hydrogen) atoms. The Morgan fingerprint density at radius 3 is 1.88 bits per heavy atom. The zero-order valence-corrected chi connectivity index (χ0v) is 19.8. The van der Waals surface area contributed by atoms with E-state index in [1.165, 1.54) is 0 Å². The number of H-pyrrole nitrogens is 1. The number of hydrogen-bond donors (Lipinski definition) is 1. The van der Waals surface area contributed by atoms with Crippen molar-refractivity contribution in [2.45, 2.75) is 0 Å². The molecule has 8 heteroatoms. The zero-order valence-electron chi connectivity index (χ0n) is 19.1. The number of pyridine rings is 2. The van der Waals surface area contributed by atoms with E-state index in [9.17, 15) is 4.79 Å². The summed E-state index contributed by atoms with van der Waals surface area (Å²) in [4.78, 5) is 22.5. The van der Waals surface area contributed by atoms with Gasteiger partial charge in [0.1, 0.15) is 16.7 Å². The number of rotatable bonds is 4. The Hall–Kier alpha value is -3.45. The number of fused-ring (bicyclic) bond motifs is 2. The maximum atomic E-state index is 11.6. The average molecular weight is 455 g/mol. The summed E-state index contributed by atoms with van der Waals surface area (Å²) in [5.74, 6) is 1.57. The molecule has 4 aromatic rings. The average Bonchev–Trinajstić information content (AvgIpc) is 2.79. The van der Waals surface area contributed by atoms with Crippen molar-refractivity contribution < 1.29 is 9.47 Å². The second-order valence-corrected chi connectivity index (χ2v) is 7.91. The Morgan fingerprint density at radius 1 is 0.812 bits per heavy atom. The fraction of sp³-hybridized carbons (Fsp3) is 0.250. The van der Waals surface area contributed by atoms with Gasteiger partial charge < -0.3 is 24.3 Å². The first-order valence-corrected chi connectivity index (χ1v) is 10.3. The molecule has 4 rings (SSSR count). The van der Waals surface area contributed by atoms with Gasteiger partial charge in [0.2, 0.25) is 0 Å². The molecule has 0 aliphatic heterocycles. The molecular formula is C24H27ClN4O3. The Morgan fingerprint density at radius 2 is 1.34 bits per heavy atom. The second kappa shape index (κ2) is 9.78. The Bertz CT molecular complexity index is 1300. The number of aromatic amines is 1. The molecule has 2 heterocycles. The Balaban J connectivity index is 0.000000181. The molecule has 0 saturated heterocycles. The fourth-order valence-electron chi connectivity index (χ4n) is 3.38. The van der Waals surface area contributed by atoms with Crippen LogP contribution in [-0.2, 0) is 0 Å². The largest absolute Gasteiger partial charge is 0.497 e. The lowest BCUT2D eigenvalue weighted by Crippen LogP contribution is -2.14. The van der Waals surface area contributed by atoms with Crippen LogP contribution in [0.15, 0.2) is 53.6 Å². The number of methoxy groups -OCH3 is 2. The first-order valence-electron chi connectivity index (χ1n) is 9.93. The van der Waals surface area contributed by atoms with Crippen molar-refractivity contribution in [3.8, 4) is 11.5 Å². The molecule has 1 N–H and O–H groups in total. The summed E-state index contributed by atoms with van der Waals surface area (Å²) in [6, 6.07) is 11.2. The molecule has 0 spiro atoms. The quantitative estimate of drug-likeness (QED) is 0.455. The molecule has 168 valence electrons. The number of nitrogens with one attached hydrogen (secondary N) is 1. The molecule has 0 unspecified atom stereocenters. The van der Waals surface area contributed by atoms with E-state index in [1.807, 2.05) is 62.3 Å². The molecule has 0 saturated carbocycles. The summed E-state index contributed by atoms with van der Waals surface area (Å²) in [7, 11) is 11.1. The van der Waals surface area contributed by atoms with Gasteiger partial charge in [-0.1, -0.05) is 11.6 Å². The van der Waals surface area contributed by atoms with E-state index in [4.69, 9.17) is 21.1 Å².